The second kappa shape index (κ2) is 10.9. The summed E-state index contributed by atoms with van der Waals surface area (Å²) < 4.78 is 4.86. The van der Waals surface area contributed by atoms with Crippen LogP contribution in [0, 0.1) is 0 Å². The van der Waals surface area contributed by atoms with E-state index in [1.807, 2.05) is 41.2 Å². The Labute approximate surface area is 204 Å². The van der Waals surface area contributed by atoms with E-state index in [-0.39, 0.29) is 16.3 Å². The van der Waals surface area contributed by atoms with E-state index >= 15 is 0 Å². The maximum atomic E-state index is 12.2. The van der Waals surface area contributed by atoms with Gasteiger partial charge in [0, 0.05) is 23.0 Å². The molecule has 5 N–H and O–H groups in total. The van der Waals surface area contributed by atoms with Gasteiger partial charge in [0.2, 0.25) is 0 Å². The molecule has 3 rings (SSSR count). The Morgan fingerprint density at radius 2 is 1.71 bits per heavy atom. The van der Waals surface area contributed by atoms with Gasteiger partial charge in [-0.25, -0.2) is 4.79 Å². The highest BCUT2D eigenvalue weighted by molar-refractivity contribution is 6.35. The van der Waals surface area contributed by atoms with E-state index < -0.39 is 41.8 Å². The Kier molecular flexibility index (Phi) is 7.90. The van der Waals surface area contributed by atoms with Gasteiger partial charge in [-0.05, 0) is 36.2 Å². The molecule has 0 fully saturated rings. The van der Waals surface area contributed by atoms with E-state index in [0.29, 0.717) is 5.56 Å². The van der Waals surface area contributed by atoms with E-state index in [4.69, 9.17) is 16.0 Å². The van der Waals surface area contributed by atoms with E-state index in [2.05, 4.69) is 5.32 Å². The highest BCUT2D eigenvalue weighted by atomic mass is 35.5. The predicted molar refractivity (Wildman–Crippen MR) is 125 cm³/mol. The van der Waals surface area contributed by atoms with Crippen LogP contribution in [0.2, 0.25) is 5.02 Å². The summed E-state index contributed by atoms with van der Waals surface area (Å²) in [5.74, 6) is -4.77. The van der Waals surface area contributed by atoms with E-state index in [0.717, 1.165) is 5.56 Å². The number of hydrogen-bond acceptors (Lipinski definition) is 6. The van der Waals surface area contributed by atoms with Crippen molar-refractivity contribution in [1.82, 2.24) is 16.2 Å². The minimum absolute atomic E-state index is 0.00550. The molecule has 11 heteroatoms. The summed E-state index contributed by atoms with van der Waals surface area (Å²) in [5, 5.41) is 23.2. The SMILES string of the molecule is CC(CC(O)(C(=O)O)c1ccc(-c2ccccc2)c(Cl)c1)NC(=O)C(=O)NNC(=O)c1ccco1. The first-order valence-corrected chi connectivity index (χ1v) is 10.8. The molecular weight excluding hydrogens is 478 g/mol. The molecular formula is C24H22ClN3O7. The van der Waals surface area contributed by atoms with Crippen LogP contribution in [0.5, 0.6) is 0 Å². The molecule has 0 aliphatic heterocycles. The van der Waals surface area contributed by atoms with Gasteiger partial charge in [-0.1, -0.05) is 54.1 Å². The molecule has 0 saturated heterocycles. The molecule has 35 heavy (non-hydrogen) atoms. The lowest BCUT2D eigenvalue weighted by Gasteiger charge is -2.28. The summed E-state index contributed by atoms with van der Waals surface area (Å²) in [6.45, 7) is 1.42. The molecule has 10 nitrogen and oxygen atoms in total. The fourth-order valence-electron chi connectivity index (χ4n) is 3.38. The zero-order valence-corrected chi connectivity index (χ0v) is 19.2. The third-order valence-electron chi connectivity index (χ3n) is 5.11. The molecule has 0 aliphatic carbocycles. The summed E-state index contributed by atoms with van der Waals surface area (Å²) in [7, 11) is 0. The third-order valence-corrected chi connectivity index (χ3v) is 5.42. The lowest BCUT2D eigenvalue weighted by atomic mass is 9.86. The Morgan fingerprint density at radius 3 is 2.31 bits per heavy atom. The number of carboxylic acid groups (broad SMARTS) is 1. The number of hydrazine groups is 1. The second-order valence-electron chi connectivity index (χ2n) is 7.69. The number of rotatable bonds is 7. The summed E-state index contributed by atoms with van der Waals surface area (Å²) in [6, 6.07) is 15.4. The van der Waals surface area contributed by atoms with Crippen molar-refractivity contribution >= 4 is 35.3 Å². The van der Waals surface area contributed by atoms with Gasteiger partial charge in [-0.3, -0.25) is 25.2 Å². The highest BCUT2D eigenvalue weighted by Crippen LogP contribution is 2.34. The van der Waals surface area contributed by atoms with Crippen molar-refractivity contribution in [2.24, 2.45) is 0 Å². The Bertz CT molecular complexity index is 1230. The third kappa shape index (κ3) is 6.05. The lowest BCUT2D eigenvalue weighted by Crippen LogP contribution is -2.51. The zero-order valence-electron chi connectivity index (χ0n) is 18.4. The maximum absolute atomic E-state index is 12.2. The van der Waals surface area contributed by atoms with Crippen molar-refractivity contribution in [3.63, 3.8) is 0 Å². The smallest absolute Gasteiger partial charge is 0.340 e. The van der Waals surface area contributed by atoms with Crippen molar-refractivity contribution < 1.29 is 33.8 Å². The van der Waals surface area contributed by atoms with Gasteiger partial charge in [-0.2, -0.15) is 0 Å². The maximum Gasteiger partial charge on any atom is 0.340 e. The first-order valence-electron chi connectivity index (χ1n) is 10.4. The largest absolute Gasteiger partial charge is 0.479 e. The zero-order chi connectivity index (χ0) is 25.6. The number of benzene rings is 2. The lowest BCUT2D eigenvalue weighted by molar-refractivity contribution is -0.161. The topological polar surface area (TPSA) is 158 Å². The van der Waals surface area contributed by atoms with Crippen molar-refractivity contribution in [3.05, 3.63) is 83.3 Å². The number of hydrogen-bond donors (Lipinski definition) is 5. The number of carboxylic acids is 1. The van der Waals surface area contributed by atoms with Gasteiger partial charge in [0.1, 0.15) is 0 Å². The second-order valence-corrected chi connectivity index (χ2v) is 8.10. The fourth-order valence-corrected chi connectivity index (χ4v) is 3.67. The number of carbonyl (C=O) groups excluding carboxylic acids is 3. The van der Waals surface area contributed by atoms with Gasteiger partial charge >= 0.3 is 23.7 Å². The van der Waals surface area contributed by atoms with Gasteiger partial charge < -0.3 is 19.9 Å². The highest BCUT2D eigenvalue weighted by Gasteiger charge is 2.40. The molecule has 3 amide bonds. The molecule has 0 bridgehead atoms. The molecule has 0 radical (unpaired) electrons. The quantitative estimate of drug-likeness (QED) is 0.246. The Balaban J connectivity index is 1.66. The van der Waals surface area contributed by atoms with E-state index in [1.54, 1.807) is 6.07 Å². The van der Waals surface area contributed by atoms with Crippen molar-refractivity contribution in [2.75, 3.05) is 0 Å². The van der Waals surface area contributed by atoms with Gasteiger partial charge in [0.05, 0.1) is 6.26 Å². The predicted octanol–water partition coefficient (Wildman–Crippen LogP) is 2.23. The van der Waals surface area contributed by atoms with E-state index in [9.17, 15) is 29.4 Å². The molecule has 2 aromatic carbocycles. The van der Waals surface area contributed by atoms with Crippen LogP contribution in [0.3, 0.4) is 0 Å². The standard InChI is InChI=1S/C24H22ClN3O7/c1-14(26-21(30)22(31)28-27-20(29)19-8-5-11-35-19)13-24(34,23(32)33)16-9-10-17(18(25)12-16)15-6-3-2-4-7-15/h2-12,14,34H,13H2,1H3,(H,26,30)(H,27,29)(H,28,31)(H,32,33). The molecule has 1 aromatic heterocycles. The average molecular weight is 500 g/mol. The van der Waals surface area contributed by atoms with Crippen LogP contribution in [0.15, 0.2) is 71.3 Å². The summed E-state index contributed by atoms with van der Waals surface area (Å²) in [6.07, 6.45) is 0.790. The number of carbonyl (C=O) groups is 4. The van der Waals surface area contributed by atoms with Crippen LogP contribution < -0.4 is 16.2 Å². The Hall–Kier alpha value is -4.15. The van der Waals surface area contributed by atoms with Gasteiger partial charge in [0.15, 0.2) is 11.4 Å². The molecule has 0 saturated carbocycles. The number of aliphatic carboxylic acids is 1. The van der Waals surface area contributed by atoms with Crippen LogP contribution in [0.4, 0.5) is 0 Å². The average Bonchev–Trinajstić information content (AvgIpc) is 3.37. The number of aliphatic hydroxyl groups is 1. The monoisotopic (exact) mass is 499 g/mol. The molecule has 3 aromatic rings. The molecule has 1 heterocycles. The first kappa shape index (κ1) is 25.5. The van der Waals surface area contributed by atoms with Crippen molar-refractivity contribution in [3.8, 4) is 11.1 Å². The van der Waals surface area contributed by atoms with E-state index in [1.165, 1.54) is 37.5 Å². The fraction of sp³-hybridized carbons (Fsp3) is 0.167. The normalized spacial score (nSPS) is 13.2. The molecule has 2 atom stereocenters. The van der Waals surface area contributed by atoms with Crippen LogP contribution in [-0.2, 0) is 20.0 Å². The summed E-state index contributed by atoms with van der Waals surface area (Å²) >= 11 is 6.37. The van der Waals surface area contributed by atoms with Crippen LogP contribution >= 0.6 is 11.6 Å². The number of furan rings is 1. The molecule has 182 valence electrons. The van der Waals surface area contributed by atoms with Crippen molar-refractivity contribution in [2.45, 2.75) is 25.0 Å². The molecule has 0 aliphatic rings. The number of halogens is 1. The van der Waals surface area contributed by atoms with Crippen LogP contribution in [-0.4, -0.2) is 39.9 Å². The van der Waals surface area contributed by atoms with Gasteiger partial charge in [0.25, 0.3) is 0 Å². The first-order chi connectivity index (χ1) is 16.6. The van der Waals surface area contributed by atoms with Crippen LogP contribution in [0.25, 0.3) is 11.1 Å². The molecule has 0 spiro atoms. The Morgan fingerprint density at radius 1 is 1.00 bits per heavy atom. The van der Waals surface area contributed by atoms with Crippen LogP contribution in [0.1, 0.15) is 29.5 Å². The van der Waals surface area contributed by atoms with Gasteiger partial charge in [-0.15, -0.1) is 0 Å². The van der Waals surface area contributed by atoms with Crippen molar-refractivity contribution in [1.29, 1.82) is 0 Å². The minimum Gasteiger partial charge on any atom is -0.479 e. The summed E-state index contributed by atoms with van der Waals surface area (Å²) in [5.41, 5.74) is 2.98. The molecule has 2 unspecified atom stereocenters. The minimum atomic E-state index is -2.41. The number of amides is 3. The summed E-state index contributed by atoms with van der Waals surface area (Å²) in [4.78, 5) is 47.9. The number of nitrogens with one attached hydrogen (secondary N) is 3.